The second-order valence-electron chi connectivity index (χ2n) is 6.07. The average molecular weight is 227 g/mol. The van der Waals surface area contributed by atoms with Crippen LogP contribution >= 0.6 is 0 Å². The molecule has 0 amide bonds. The molecule has 1 aliphatic carbocycles. The monoisotopic (exact) mass is 227 g/mol. The lowest BCUT2D eigenvalue weighted by molar-refractivity contribution is -0.140. The molecule has 1 rings (SSSR count). The Bertz CT molecular complexity index is 241. The van der Waals surface area contributed by atoms with Gasteiger partial charge in [0.1, 0.15) is 0 Å². The third-order valence-corrected chi connectivity index (χ3v) is 3.60. The molecular weight excluding hydrogens is 202 g/mol. The molecule has 94 valence electrons. The minimum atomic E-state index is -0.726. The lowest BCUT2D eigenvalue weighted by atomic mass is 9.80. The van der Waals surface area contributed by atoms with Crippen LogP contribution < -0.4 is 0 Å². The zero-order valence-corrected chi connectivity index (χ0v) is 11.0. The van der Waals surface area contributed by atoms with E-state index in [-0.39, 0.29) is 12.1 Å². The molecule has 0 spiro atoms. The molecule has 0 heterocycles. The summed E-state index contributed by atoms with van der Waals surface area (Å²) in [4.78, 5) is 13.0. The van der Waals surface area contributed by atoms with Gasteiger partial charge in [0.25, 0.3) is 0 Å². The number of rotatable bonds is 5. The van der Waals surface area contributed by atoms with Crippen molar-refractivity contribution in [1.82, 2.24) is 4.90 Å². The Hall–Kier alpha value is -0.570. The molecule has 3 heteroatoms. The number of carbonyl (C=O) groups is 1. The second-order valence-corrected chi connectivity index (χ2v) is 6.07. The number of carboxylic acid groups (broad SMARTS) is 1. The second kappa shape index (κ2) is 5.17. The van der Waals surface area contributed by atoms with Crippen molar-refractivity contribution in [2.75, 3.05) is 6.54 Å². The highest BCUT2D eigenvalue weighted by molar-refractivity contribution is 5.69. The Balaban J connectivity index is 2.55. The molecule has 1 fully saturated rings. The van der Waals surface area contributed by atoms with Crippen molar-refractivity contribution < 1.29 is 9.90 Å². The Morgan fingerprint density at radius 1 is 1.44 bits per heavy atom. The molecule has 0 aliphatic heterocycles. The van der Waals surface area contributed by atoms with Crippen LogP contribution in [0, 0.1) is 5.92 Å². The van der Waals surface area contributed by atoms with E-state index < -0.39 is 5.97 Å². The van der Waals surface area contributed by atoms with Crippen molar-refractivity contribution in [1.29, 1.82) is 0 Å². The topological polar surface area (TPSA) is 40.5 Å². The van der Waals surface area contributed by atoms with Gasteiger partial charge >= 0.3 is 5.97 Å². The van der Waals surface area contributed by atoms with E-state index in [0.29, 0.717) is 6.04 Å². The Morgan fingerprint density at radius 2 is 2.00 bits per heavy atom. The quantitative estimate of drug-likeness (QED) is 0.785. The number of hydrogen-bond donors (Lipinski definition) is 1. The average Bonchev–Trinajstić information content (AvgIpc) is 2.04. The van der Waals surface area contributed by atoms with Crippen LogP contribution in [-0.2, 0) is 4.79 Å². The van der Waals surface area contributed by atoms with Crippen LogP contribution in [-0.4, -0.2) is 34.1 Å². The first-order valence-corrected chi connectivity index (χ1v) is 6.29. The van der Waals surface area contributed by atoms with Crippen LogP contribution in [0.2, 0.25) is 0 Å². The zero-order valence-electron chi connectivity index (χ0n) is 11.0. The van der Waals surface area contributed by atoms with Crippen molar-refractivity contribution in [3.63, 3.8) is 0 Å². The van der Waals surface area contributed by atoms with E-state index in [1.165, 1.54) is 19.3 Å². The molecule has 0 bridgehead atoms. The van der Waals surface area contributed by atoms with Crippen molar-refractivity contribution in [2.45, 2.75) is 65.0 Å². The fraction of sp³-hybridized carbons (Fsp3) is 0.923. The molecule has 16 heavy (non-hydrogen) atoms. The van der Waals surface area contributed by atoms with E-state index >= 15 is 0 Å². The first-order valence-electron chi connectivity index (χ1n) is 6.29. The molecule has 0 aromatic rings. The molecule has 0 aromatic heterocycles. The third kappa shape index (κ3) is 3.78. The molecular formula is C13H25NO2. The number of nitrogens with zero attached hydrogens (tertiary/aromatic N) is 1. The molecule has 0 saturated heterocycles. The first-order chi connectivity index (χ1) is 7.30. The summed E-state index contributed by atoms with van der Waals surface area (Å²) in [5.74, 6) is 0.101. The van der Waals surface area contributed by atoms with Gasteiger partial charge in [-0.3, -0.25) is 9.69 Å². The maximum absolute atomic E-state index is 10.9. The van der Waals surface area contributed by atoms with Crippen molar-refractivity contribution >= 4 is 5.97 Å². The van der Waals surface area contributed by atoms with Crippen LogP contribution in [0.5, 0.6) is 0 Å². The standard InChI is InChI=1S/C13H25NO2/c1-10(8-11-6-5-7-11)14(9-12(15)16)13(2,3)4/h10-11H,5-9H2,1-4H3,(H,15,16). The van der Waals surface area contributed by atoms with Gasteiger partial charge in [-0.25, -0.2) is 0 Å². The number of carboxylic acids is 1. The summed E-state index contributed by atoms with van der Waals surface area (Å²) in [6, 6.07) is 0.362. The molecule has 1 unspecified atom stereocenters. The predicted octanol–water partition coefficient (Wildman–Crippen LogP) is 2.75. The van der Waals surface area contributed by atoms with Crippen molar-refractivity contribution in [3.8, 4) is 0 Å². The maximum Gasteiger partial charge on any atom is 0.317 e. The number of hydrogen-bond acceptors (Lipinski definition) is 2. The molecule has 1 aliphatic rings. The SMILES string of the molecule is CC(CC1CCC1)N(CC(=O)O)C(C)(C)C. The Kier molecular flexibility index (Phi) is 4.36. The Labute approximate surface area is 98.8 Å². The van der Waals surface area contributed by atoms with Gasteiger partial charge in [0, 0.05) is 11.6 Å². The largest absolute Gasteiger partial charge is 0.480 e. The summed E-state index contributed by atoms with van der Waals surface area (Å²) in [6.45, 7) is 8.58. The highest BCUT2D eigenvalue weighted by Gasteiger charge is 2.30. The van der Waals surface area contributed by atoms with Gasteiger partial charge in [-0.2, -0.15) is 0 Å². The number of aliphatic carboxylic acids is 1. The van der Waals surface area contributed by atoms with Crippen molar-refractivity contribution in [2.24, 2.45) is 5.92 Å². The van der Waals surface area contributed by atoms with E-state index in [9.17, 15) is 4.79 Å². The minimum absolute atomic E-state index is 0.0679. The molecule has 1 atom stereocenters. The third-order valence-electron chi connectivity index (χ3n) is 3.60. The van der Waals surface area contributed by atoms with Crippen LogP contribution in [0.1, 0.15) is 53.4 Å². The van der Waals surface area contributed by atoms with Gasteiger partial charge in [-0.05, 0) is 40.0 Å². The van der Waals surface area contributed by atoms with E-state index in [0.717, 1.165) is 12.3 Å². The molecule has 1 saturated carbocycles. The van der Waals surface area contributed by atoms with Gasteiger partial charge in [0.2, 0.25) is 0 Å². The van der Waals surface area contributed by atoms with E-state index in [4.69, 9.17) is 5.11 Å². The Morgan fingerprint density at radius 3 is 2.31 bits per heavy atom. The van der Waals surface area contributed by atoms with Crippen LogP contribution in [0.3, 0.4) is 0 Å². The molecule has 1 N–H and O–H groups in total. The maximum atomic E-state index is 10.9. The van der Waals surface area contributed by atoms with Gasteiger partial charge in [-0.15, -0.1) is 0 Å². The lowest BCUT2D eigenvalue weighted by Gasteiger charge is -2.41. The molecule has 0 aromatic carbocycles. The summed E-state index contributed by atoms with van der Waals surface area (Å²) < 4.78 is 0. The van der Waals surface area contributed by atoms with Gasteiger partial charge in [0.05, 0.1) is 6.54 Å². The normalized spacial score (nSPS) is 19.6. The highest BCUT2D eigenvalue weighted by Crippen LogP contribution is 2.32. The molecule has 3 nitrogen and oxygen atoms in total. The van der Waals surface area contributed by atoms with Crippen LogP contribution in [0.25, 0.3) is 0 Å². The van der Waals surface area contributed by atoms with Gasteiger partial charge < -0.3 is 5.11 Å². The first kappa shape index (κ1) is 13.5. The van der Waals surface area contributed by atoms with E-state index in [2.05, 4.69) is 32.6 Å². The smallest absolute Gasteiger partial charge is 0.317 e. The summed E-state index contributed by atoms with van der Waals surface area (Å²) in [7, 11) is 0. The predicted molar refractivity (Wildman–Crippen MR) is 65.5 cm³/mol. The lowest BCUT2D eigenvalue weighted by Crippen LogP contribution is -2.50. The van der Waals surface area contributed by atoms with Gasteiger partial charge in [0.15, 0.2) is 0 Å². The van der Waals surface area contributed by atoms with Crippen molar-refractivity contribution in [3.05, 3.63) is 0 Å². The highest BCUT2D eigenvalue weighted by atomic mass is 16.4. The summed E-state index contributed by atoms with van der Waals surface area (Å²) in [5, 5.41) is 8.96. The van der Waals surface area contributed by atoms with E-state index in [1.54, 1.807) is 0 Å². The fourth-order valence-electron chi connectivity index (χ4n) is 2.54. The zero-order chi connectivity index (χ0) is 12.3. The van der Waals surface area contributed by atoms with Crippen LogP contribution in [0.4, 0.5) is 0 Å². The van der Waals surface area contributed by atoms with E-state index in [1.807, 2.05) is 0 Å². The summed E-state index contributed by atoms with van der Waals surface area (Å²) in [5.41, 5.74) is -0.0679. The summed E-state index contributed by atoms with van der Waals surface area (Å²) in [6.07, 6.45) is 5.15. The minimum Gasteiger partial charge on any atom is -0.480 e. The summed E-state index contributed by atoms with van der Waals surface area (Å²) >= 11 is 0. The van der Waals surface area contributed by atoms with Gasteiger partial charge in [-0.1, -0.05) is 19.3 Å². The fourth-order valence-corrected chi connectivity index (χ4v) is 2.54. The molecule has 0 radical (unpaired) electrons. The van der Waals surface area contributed by atoms with Crippen LogP contribution in [0.15, 0.2) is 0 Å².